The third-order valence-electron chi connectivity index (χ3n) is 6.83. The molecule has 1 amide bonds. The molecule has 1 unspecified atom stereocenters. The van der Waals surface area contributed by atoms with E-state index in [4.69, 9.17) is 10.4 Å². The molecule has 0 spiro atoms. The molecule has 0 radical (unpaired) electrons. The van der Waals surface area contributed by atoms with Crippen LogP contribution in [0.3, 0.4) is 0 Å². The predicted octanol–water partition coefficient (Wildman–Crippen LogP) is 4.75. The topological polar surface area (TPSA) is 65.2 Å². The fourth-order valence-corrected chi connectivity index (χ4v) is 4.85. The third kappa shape index (κ3) is 4.23. The third-order valence-corrected chi connectivity index (χ3v) is 6.83. The van der Waals surface area contributed by atoms with Crippen LogP contribution in [-0.2, 0) is 6.54 Å². The zero-order valence-electron chi connectivity index (χ0n) is 19.0. The molecular weight excluding hydrogens is 410 g/mol. The molecule has 0 N–H and O–H groups in total. The van der Waals surface area contributed by atoms with Crippen LogP contribution in [-0.4, -0.2) is 40.2 Å². The van der Waals surface area contributed by atoms with Gasteiger partial charge in [-0.05, 0) is 29.7 Å². The summed E-state index contributed by atoms with van der Waals surface area (Å²) in [4.78, 5) is 17.6. The van der Waals surface area contributed by atoms with Gasteiger partial charge in [-0.25, -0.2) is 0 Å². The standard InChI is InChI=1S/C27H29N5O/c1-2-3-9-24-19-31(16-21-12-10-20(15-28)11-13-21)27(33)25-14-26(29-32(24)25)30-17-23(18-30)22-7-5-4-6-8-22/h4-8,10-14,23-24H,2-3,9,16-19H2,1H3. The van der Waals surface area contributed by atoms with E-state index in [1.54, 1.807) is 0 Å². The Bertz CT molecular complexity index is 1160. The summed E-state index contributed by atoms with van der Waals surface area (Å²) in [7, 11) is 0. The summed E-state index contributed by atoms with van der Waals surface area (Å²) >= 11 is 0. The molecule has 0 bridgehead atoms. The van der Waals surface area contributed by atoms with Crippen molar-refractivity contribution >= 4 is 11.7 Å². The lowest BCUT2D eigenvalue weighted by Gasteiger charge is -2.39. The molecule has 1 fully saturated rings. The van der Waals surface area contributed by atoms with Crippen LogP contribution in [0.1, 0.15) is 65.3 Å². The number of fused-ring (bicyclic) bond motifs is 1. The highest BCUT2D eigenvalue weighted by molar-refractivity contribution is 5.94. The number of aromatic nitrogens is 2. The fourth-order valence-electron chi connectivity index (χ4n) is 4.85. The van der Waals surface area contributed by atoms with Gasteiger partial charge in [0.2, 0.25) is 0 Å². The average Bonchev–Trinajstić information content (AvgIpc) is 3.26. The number of amides is 1. The molecule has 2 aromatic carbocycles. The average molecular weight is 440 g/mol. The summed E-state index contributed by atoms with van der Waals surface area (Å²) in [6, 6.07) is 22.4. The second-order valence-corrected chi connectivity index (χ2v) is 9.14. The van der Waals surface area contributed by atoms with E-state index in [1.807, 2.05) is 39.9 Å². The second-order valence-electron chi connectivity index (χ2n) is 9.14. The van der Waals surface area contributed by atoms with Crippen LogP contribution in [0.2, 0.25) is 0 Å². The number of unbranched alkanes of at least 4 members (excludes halogenated alkanes) is 1. The molecule has 3 aromatic rings. The van der Waals surface area contributed by atoms with E-state index >= 15 is 0 Å². The Labute approximate surface area is 195 Å². The van der Waals surface area contributed by atoms with Gasteiger partial charge in [0.15, 0.2) is 5.82 Å². The number of benzene rings is 2. The summed E-state index contributed by atoms with van der Waals surface area (Å²) in [6.45, 7) is 5.28. The van der Waals surface area contributed by atoms with Crippen LogP contribution in [0, 0.1) is 11.3 Å². The Morgan fingerprint density at radius 3 is 2.52 bits per heavy atom. The van der Waals surface area contributed by atoms with Gasteiger partial charge >= 0.3 is 0 Å². The molecule has 1 saturated heterocycles. The number of hydrogen-bond acceptors (Lipinski definition) is 4. The maximum atomic E-state index is 13.4. The van der Waals surface area contributed by atoms with Crippen LogP contribution in [0.25, 0.3) is 0 Å². The van der Waals surface area contributed by atoms with Gasteiger partial charge in [-0.3, -0.25) is 9.48 Å². The highest BCUT2D eigenvalue weighted by atomic mass is 16.2. The van der Waals surface area contributed by atoms with Crippen molar-refractivity contribution in [1.82, 2.24) is 14.7 Å². The largest absolute Gasteiger partial charge is 0.354 e. The molecule has 2 aliphatic rings. The van der Waals surface area contributed by atoms with Crippen molar-refractivity contribution in [2.45, 2.75) is 44.7 Å². The number of nitrogens with zero attached hydrogens (tertiary/aromatic N) is 5. The van der Waals surface area contributed by atoms with Crippen LogP contribution in [0.5, 0.6) is 0 Å². The Morgan fingerprint density at radius 2 is 1.82 bits per heavy atom. The highest BCUT2D eigenvalue weighted by Crippen LogP contribution is 2.34. The van der Waals surface area contributed by atoms with Gasteiger partial charge in [0.1, 0.15) is 5.69 Å². The van der Waals surface area contributed by atoms with Gasteiger partial charge in [0.25, 0.3) is 5.91 Å². The van der Waals surface area contributed by atoms with E-state index in [-0.39, 0.29) is 11.9 Å². The minimum atomic E-state index is 0.0333. The molecule has 0 aliphatic carbocycles. The van der Waals surface area contributed by atoms with Crippen molar-refractivity contribution in [1.29, 1.82) is 5.26 Å². The van der Waals surface area contributed by atoms with Crippen LogP contribution in [0.4, 0.5) is 5.82 Å². The SMILES string of the molecule is CCCCC1CN(Cc2ccc(C#N)cc2)C(=O)c2cc(N3CC(c4ccccc4)C3)nn21. The zero-order valence-corrected chi connectivity index (χ0v) is 19.0. The molecule has 168 valence electrons. The number of carbonyl (C=O) groups excluding carboxylic acids is 1. The summed E-state index contributed by atoms with van der Waals surface area (Å²) in [6.07, 6.45) is 3.24. The number of hydrogen-bond donors (Lipinski definition) is 0. The zero-order chi connectivity index (χ0) is 22.8. The molecule has 2 aliphatic heterocycles. The van der Waals surface area contributed by atoms with E-state index in [1.165, 1.54) is 5.56 Å². The number of carbonyl (C=O) groups is 1. The van der Waals surface area contributed by atoms with E-state index < -0.39 is 0 Å². The minimum absolute atomic E-state index is 0.0333. The van der Waals surface area contributed by atoms with Gasteiger partial charge < -0.3 is 9.80 Å². The van der Waals surface area contributed by atoms with Crippen molar-refractivity contribution in [3.8, 4) is 6.07 Å². The normalized spacial score (nSPS) is 18.1. The van der Waals surface area contributed by atoms with E-state index in [2.05, 4.69) is 48.2 Å². The maximum absolute atomic E-state index is 13.4. The lowest BCUT2D eigenvalue weighted by atomic mass is 9.91. The van der Waals surface area contributed by atoms with Gasteiger partial charge in [0, 0.05) is 38.2 Å². The van der Waals surface area contributed by atoms with Crippen molar-refractivity contribution in [2.24, 2.45) is 0 Å². The number of nitriles is 1. The van der Waals surface area contributed by atoms with E-state index in [0.717, 1.165) is 43.7 Å². The first-order valence-corrected chi connectivity index (χ1v) is 11.8. The quantitative estimate of drug-likeness (QED) is 0.533. The monoisotopic (exact) mass is 439 g/mol. The molecule has 3 heterocycles. The highest BCUT2D eigenvalue weighted by Gasteiger charge is 2.36. The number of anilines is 1. The molecule has 0 saturated carbocycles. The Kier molecular flexibility index (Phi) is 5.87. The lowest BCUT2D eigenvalue weighted by molar-refractivity contribution is 0.0635. The molecule has 5 rings (SSSR count). The molecule has 6 nitrogen and oxygen atoms in total. The second kappa shape index (κ2) is 9.11. The Balaban J connectivity index is 1.35. The van der Waals surface area contributed by atoms with Crippen molar-refractivity contribution in [2.75, 3.05) is 24.5 Å². The Morgan fingerprint density at radius 1 is 1.06 bits per heavy atom. The molecule has 1 aromatic heterocycles. The minimum Gasteiger partial charge on any atom is -0.354 e. The first-order valence-electron chi connectivity index (χ1n) is 11.8. The molecule has 33 heavy (non-hydrogen) atoms. The van der Waals surface area contributed by atoms with Crippen molar-refractivity contribution in [3.63, 3.8) is 0 Å². The van der Waals surface area contributed by atoms with Crippen molar-refractivity contribution in [3.05, 3.63) is 83.0 Å². The number of rotatable bonds is 7. The first kappa shape index (κ1) is 21.3. The summed E-state index contributed by atoms with van der Waals surface area (Å²) in [5.41, 5.74) is 3.73. The van der Waals surface area contributed by atoms with Gasteiger partial charge in [-0.1, -0.05) is 62.2 Å². The lowest BCUT2D eigenvalue weighted by Crippen LogP contribution is -2.45. The Hall–Kier alpha value is -3.59. The van der Waals surface area contributed by atoms with Gasteiger partial charge in [0.05, 0.1) is 17.7 Å². The fraction of sp³-hybridized carbons (Fsp3) is 0.370. The van der Waals surface area contributed by atoms with Crippen molar-refractivity contribution < 1.29 is 4.79 Å². The summed E-state index contributed by atoms with van der Waals surface area (Å²) in [5.74, 6) is 1.46. The molecule has 6 heteroatoms. The predicted molar refractivity (Wildman–Crippen MR) is 128 cm³/mol. The molecular formula is C27H29N5O. The van der Waals surface area contributed by atoms with Crippen LogP contribution < -0.4 is 4.90 Å². The summed E-state index contributed by atoms with van der Waals surface area (Å²) < 4.78 is 1.98. The van der Waals surface area contributed by atoms with Gasteiger partial charge in [-0.2, -0.15) is 10.4 Å². The smallest absolute Gasteiger partial charge is 0.272 e. The first-order chi connectivity index (χ1) is 16.2. The van der Waals surface area contributed by atoms with E-state index in [9.17, 15) is 4.79 Å². The maximum Gasteiger partial charge on any atom is 0.272 e. The van der Waals surface area contributed by atoms with Gasteiger partial charge in [-0.15, -0.1) is 0 Å². The summed E-state index contributed by atoms with van der Waals surface area (Å²) in [5, 5.41) is 14.0. The van der Waals surface area contributed by atoms with Crippen LogP contribution in [0.15, 0.2) is 60.7 Å². The molecule has 1 atom stereocenters. The van der Waals surface area contributed by atoms with Crippen LogP contribution >= 0.6 is 0 Å². The van der Waals surface area contributed by atoms with E-state index in [0.29, 0.717) is 30.3 Å².